The maximum absolute atomic E-state index is 12.5. The van der Waals surface area contributed by atoms with E-state index in [1.165, 1.54) is 12.1 Å². The number of carbonyl (C=O) groups is 1. The Hall–Kier alpha value is -2.08. The van der Waals surface area contributed by atoms with Gasteiger partial charge in [-0.1, -0.05) is 19.1 Å². The molecule has 124 valence electrons. The van der Waals surface area contributed by atoms with Gasteiger partial charge in [-0.3, -0.25) is 4.79 Å². The van der Waals surface area contributed by atoms with Gasteiger partial charge in [0.2, 0.25) is 0 Å². The van der Waals surface area contributed by atoms with Crippen molar-refractivity contribution in [1.82, 2.24) is 5.32 Å². The van der Waals surface area contributed by atoms with Crippen molar-refractivity contribution in [3.63, 3.8) is 0 Å². The largest absolute Gasteiger partial charge is 0.466 e. The second kappa shape index (κ2) is 6.58. The van der Waals surface area contributed by atoms with Gasteiger partial charge >= 0.3 is 0 Å². The zero-order valence-electron chi connectivity index (χ0n) is 13.7. The lowest BCUT2D eigenvalue weighted by atomic mass is 10.1. The fraction of sp³-hybridized carbons (Fsp3) is 0.353. The lowest BCUT2D eigenvalue weighted by Crippen LogP contribution is -2.28. The first-order valence-electron chi connectivity index (χ1n) is 7.46. The molecule has 0 aliphatic heterocycles. The van der Waals surface area contributed by atoms with Crippen LogP contribution in [0.4, 0.5) is 0 Å². The van der Waals surface area contributed by atoms with Crippen LogP contribution in [-0.2, 0) is 9.84 Å². The SMILES string of the molecule is CCS(=O)(=O)c1ccccc1C(=O)NC(C)c1cc(C)oc1C. The van der Waals surface area contributed by atoms with Gasteiger partial charge in [0.1, 0.15) is 11.5 Å². The molecule has 1 atom stereocenters. The van der Waals surface area contributed by atoms with Crippen molar-refractivity contribution < 1.29 is 17.6 Å². The molecule has 0 bridgehead atoms. The van der Waals surface area contributed by atoms with Crippen molar-refractivity contribution in [2.75, 3.05) is 5.75 Å². The summed E-state index contributed by atoms with van der Waals surface area (Å²) in [5.74, 6) is 1.05. The van der Waals surface area contributed by atoms with E-state index in [0.717, 1.165) is 17.1 Å². The van der Waals surface area contributed by atoms with E-state index in [1.54, 1.807) is 19.1 Å². The molecule has 0 fully saturated rings. The zero-order chi connectivity index (χ0) is 17.2. The van der Waals surface area contributed by atoms with Crippen molar-refractivity contribution in [1.29, 1.82) is 0 Å². The summed E-state index contributed by atoms with van der Waals surface area (Å²) in [5, 5.41) is 2.84. The molecule has 0 saturated heterocycles. The van der Waals surface area contributed by atoms with Gasteiger partial charge in [0.05, 0.1) is 22.3 Å². The zero-order valence-corrected chi connectivity index (χ0v) is 14.5. The summed E-state index contributed by atoms with van der Waals surface area (Å²) in [6, 6.07) is 7.85. The van der Waals surface area contributed by atoms with Crippen molar-refractivity contribution in [3.05, 3.63) is 53.0 Å². The Morgan fingerprint density at radius 1 is 1.26 bits per heavy atom. The average Bonchev–Trinajstić information content (AvgIpc) is 2.86. The maximum Gasteiger partial charge on any atom is 0.253 e. The monoisotopic (exact) mass is 335 g/mol. The number of rotatable bonds is 5. The third kappa shape index (κ3) is 3.64. The number of furan rings is 1. The highest BCUT2D eigenvalue weighted by Gasteiger charge is 2.22. The number of aryl methyl sites for hydroxylation is 2. The van der Waals surface area contributed by atoms with Gasteiger partial charge in [-0.15, -0.1) is 0 Å². The maximum atomic E-state index is 12.5. The van der Waals surface area contributed by atoms with Crippen molar-refractivity contribution in [2.45, 2.75) is 38.6 Å². The van der Waals surface area contributed by atoms with E-state index in [4.69, 9.17) is 4.42 Å². The normalized spacial score (nSPS) is 12.9. The van der Waals surface area contributed by atoms with E-state index < -0.39 is 15.7 Å². The Labute approximate surface area is 136 Å². The smallest absolute Gasteiger partial charge is 0.253 e. The van der Waals surface area contributed by atoms with Gasteiger partial charge in [0.25, 0.3) is 5.91 Å². The van der Waals surface area contributed by atoms with Crippen molar-refractivity contribution >= 4 is 15.7 Å². The first kappa shape index (κ1) is 17.3. The molecule has 1 unspecified atom stereocenters. The first-order valence-corrected chi connectivity index (χ1v) is 9.11. The minimum atomic E-state index is -3.46. The number of sulfone groups is 1. The van der Waals surface area contributed by atoms with Gasteiger partial charge in [-0.05, 0) is 39.0 Å². The summed E-state index contributed by atoms with van der Waals surface area (Å²) in [5.41, 5.74) is 1.05. The van der Waals surface area contributed by atoms with E-state index in [9.17, 15) is 13.2 Å². The summed E-state index contributed by atoms with van der Waals surface area (Å²) in [7, 11) is -3.46. The summed E-state index contributed by atoms with van der Waals surface area (Å²) in [6.07, 6.45) is 0. The molecular weight excluding hydrogens is 314 g/mol. The molecule has 5 nitrogen and oxygen atoms in total. The van der Waals surface area contributed by atoms with Gasteiger partial charge in [-0.25, -0.2) is 8.42 Å². The highest BCUT2D eigenvalue weighted by Crippen LogP contribution is 2.23. The number of hydrogen-bond donors (Lipinski definition) is 1. The molecule has 0 radical (unpaired) electrons. The standard InChI is InChI=1S/C17H21NO4S/c1-5-23(20,21)16-9-7-6-8-14(16)17(19)18-12(3)15-10-11(2)22-13(15)4/h6-10,12H,5H2,1-4H3,(H,18,19). The van der Waals surface area contributed by atoms with Crippen LogP contribution in [0, 0.1) is 13.8 Å². The Bertz CT molecular complexity index is 821. The topological polar surface area (TPSA) is 76.4 Å². The minimum absolute atomic E-state index is 0.0487. The van der Waals surface area contributed by atoms with E-state index in [0.29, 0.717) is 0 Å². The van der Waals surface area contributed by atoms with Crippen LogP contribution >= 0.6 is 0 Å². The number of amides is 1. The summed E-state index contributed by atoms with van der Waals surface area (Å²) in [6.45, 7) is 7.07. The minimum Gasteiger partial charge on any atom is -0.466 e. The van der Waals surface area contributed by atoms with Gasteiger partial charge in [0.15, 0.2) is 9.84 Å². The molecule has 1 aromatic carbocycles. The van der Waals surface area contributed by atoms with Gasteiger partial charge in [-0.2, -0.15) is 0 Å². The lowest BCUT2D eigenvalue weighted by Gasteiger charge is -2.15. The van der Waals surface area contributed by atoms with E-state index in [1.807, 2.05) is 26.8 Å². The Balaban J connectivity index is 2.30. The predicted octanol–water partition coefficient (Wildman–Crippen LogP) is 3.18. The molecule has 0 aliphatic carbocycles. The van der Waals surface area contributed by atoms with E-state index in [2.05, 4.69) is 5.32 Å². The number of carbonyl (C=O) groups excluding carboxylic acids is 1. The summed E-state index contributed by atoms with van der Waals surface area (Å²) < 4.78 is 29.8. The number of nitrogens with one attached hydrogen (secondary N) is 1. The first-order chi connectivity index (χ1) is 10.8. The predicted molar refractivity (Wildman–Crippen MR) is 88.2 cm³/mol. The van der Waals surface area contributed by atoms with Crippen LogP contribution in [-0.4, -0.2) is 20.1 Å². The highest BCUT2D eigenvalue weighted by molar-refractivity contribution is 7.91. The van der Waals surface area contributed by atoms with Gasteiger partial charge in [0, 0.05) is 5.56 Å². The van der Waals surface area contributed by atoms with E-state index in [-0.39, 0.29) is 22.3 Å². The second-order valence-corrected chi connectivity index (χ2v) is 7.71. The number of benzene rings is 1. The van der Waals surface area contributed by atoms with Crippen LogP contribution in [0.5, 0.6) is 0 Å². The van der Waals surface area contributed by atoms with Crippen molar-refractivity contribution in [2.24, 2.45) is 0 Å². The molecule has 1 aromatic heterocycles. The van der Waals surface area contributed by atoms with Crippen LogP contribution in [0.25, 0.3) is 0 Å². The molecule has 2 rings (SSSR count). The van der Waals surface area contributed by atoms with Crippen molar-refractivity contribution in [3.8, 4) is 0 Å². The van der Waals surface area contributed by atoms with Crippen LogP contribution in [0.3, 0.4) is 0 Å². The number of hydrogen-bond acceptors (Lipinski definition) is 4. The van der Waals surface area contributed by atoms with E-state index >= 15 is 0 Å². The third-order valence-corrected chi connectivity index (χ3v) is 5.53. The molecule has 1 N–H and O–H groups in total. The Morgan fingerprint density at radius 3 is 2.48 bits per heavy atom. The Kier molecular flexibility index (Phi) is 4.94. The highest BCUT2D eigenvalue weighted by atomic mass is 32.2. The molecule has 23 heavy (non-hydrogen) atoms. The van der Waals surface area contributed by atoms with Crippen LogP contribution in [0.1, 0.15) is 47.3 Å². The molecule has 0 spiro atoms. The summed E-state index contributed by atoms with van der Waals surface area (Å²) >= 11 is 0. The lowest BCUT2D eigenvalue weighted by molar-refractivity contribution is 0.0936. The second-order valence-electron chi connectivity index (χ2n) is 5.46. The fourth-order valence-corrected chi connectivity index (χ4v) is 3.61. The van der Waals surface area contributed by atoms with Crippen LogP contribution in [0.2, 0.25) is 0 Å². The molecule has 1 amide bonds. The molecule has 1 heterocycles. The molecule has 0 saturated carbocycles. The van der Waals surface area contributed by atoms with Crippen LogP contribution in [0.15, 0.2) is 39.6 Å². The van der Waals surface area contributed by atoms with Gasteiger partial charge < -0.3 is 9.73 Å². The summed E-state index contributed by atoms with van der Waals surface area (Å²) in [4.78, 5) is 12.6. The van der Waals surface area contributed by atoms with Crippen LogP contribution < -0.4 is 5.32 Å². The molecular formula is C17H21NO4S. The fourth-order valence-electron chi connectivity index (χ4n) is 2.51. The Morgan fingerprint density at radius 2 is 1.91 bits per heavy atom. The molecule has 6 heteroatoms. The molecule has 0 aliphatic rings. The molecule has 2 aromatic rings. The third-order valence-electron chi connectivity index (χ3n) is 3.74. The quantitative estimate of drug-likeness (QED) is 0.910. The average molecular weight is 335 g/mol.